The van der Waals surface area contributed by atoms with Crippen LogP contribution in [-0.4, -0.2) is 27.0 Å². The number of primary amides is 1. The third kappa shape index (κ3) is 3.97. The molecule has 0 aliphatic heterocycles. The van der Waals surface area contributed by atoms with E-state index in [4.69, 9.17) is 15.2 Å². The summed E-state index contributed by atoms with van der Waals surface area (Å²) in [5.41, 5.74) is 4.80. The van der Waals surface area contributed by atoms with Gasteiger partial charge in [0, 0.05) is 5.41 Å². The van der Waals surface area contributed by atoms with Gasteiger partial charge in [0.05, 0.1) is 0 Å². The van der Waals surface area contributed by atoms with E-state index in [1.165, 1.54) is 17.3 Å². The maximum atomic E-state index is 11.3. The van der Waals surface area contributed by atoms with Gasteiger partial charge in [-0.3, -0.25) is 0 Å². The molecule has 7 nitrogen and oxygen atoms in total. The Balaban J connectivity index is 2.35. The standard InChI is InChI=1S/C15H20N4O3/c1-15(2,3)12(22-14(16)20)13(19-10-17-9-18-19)21-11-7-5-4-6-8-11/h4-10,12-13H,1-3H3,(H2,16,20). The number of carbonyl (C=O) groups is 1. The summed E-state index contributed by atoms with van der Waals surface area (Å²) in [5.74, 6) is 0.630. The first kappa shape index (κ1) is 15.8. The summed E-state index contributed by atoms with van der Waals surface area (Å²) in [4.78, 5) is 15.2. The highest BCUT2D eigenvalue weighted by atomic mass is 16.6. The normalized spacial score (nSPS) is 14.1. The fourth-order valence-corrected chi connectivity index (χ4v) is 2.03. The van der Waals surface area contributed by atoms with Crippen LogP contribution in [-0.2, 0) is 4.74 Å². The SMILES string of the molecule is CC(C)(C)C(OC(N)=O)C(Oc1ccccc1)n1cncn1. The van der Waals surface area contributed by atoms with Crippen LogP contribution >= 0.6 is 0 Å². The second kappa shape index (κ2) is 6.46. The summed E-state index contributed by atoms with van der Waals surface area (Å²) in [6.45, 7) is 5.79. The molecule has 0 spiro atoms. The minimum atomic E-state index is -0.860. The van der Waals surface area contributed by atoms with Crippen LogP contribution in [0.15, 0.2) is 43.0 Å². The average molecular weight is 304 g/mol. The molecule has 0 saturated carbocycles. The Morgan fingerprint density at radius 3 is 2.45 bits per heavy atom. The third-order valence-corrected chi connectivity index (χ3v) is 3.05. The highest BCUT2D eigenvalue weighted by Gasteiger charge is 2.38. The number of rotatable bonds is 5. The number of para-hydroxylation sites is 1. The van der Waals surface area contributed by atoms with Gasteiger partial charge < -0.3 is 15.2 Å². The van der Waals surface area contributed by atoms with E-state index in [9.17, 15) is 4.79 Å². The van der Waals surface area contributed by atoms with Crippen LogP contribution in [0.25, 0.3) is 0 Å². The number of amides is 1. The van der Waals surface area contributed by atoms with Crippen molar-refractivity contribution >= 4 is 6.09 Å². The Hall–Kier alpha value is -2.57. The van der Waals surface area contributed by atoms with E-state index in [-0.39, 0.29) is 0 Å². The summed E-state index contributed by atoms with van der Waals surface area (Å²) >= 11 is 0. The summed E-state index contributed by atoms with van der Waals surface area (Å²) in [5, 5.41) is 4.10. The van der Waals surface area contributed by atoms with Gasteiger partial charge in [0.1, 0.15) is 18.4 Å². The molecule has 2 unspecified atom stereocenters. The quantitative estimate of drug-likeness (QED) is 0.915. The predicted octanol–water partition coefficient (Wildman–Crippen LogP) is 2.37. The van der Waals surface area contributed by atoms with Crippen LogP contribution in [0, 0.1) is 5.41 Å². The van der Waals surface area contributed by atoms with Crippen molar-refractivity contribution in [3.8, 4) is 5.75 Å². The topological polar surface area (TPSA) is 92.3 Å². The lowest BCUT2D eigenvalue weighted by molar-refractivity contribution is -0.0771. The van der Waals surface area contributed by atoms with Gasteiger partial charge in [-0.2, -0.15) is 5.10 Å². The highest BCUT2D eigenvalue weighted by molar-refractivity contribution is 5.64. The van der Waals surface area contributed by atoms with Crippen LogP contribution in [0.2, 0.25) is 0 Å². The van der Waals surface area contributed by atoms with E-state index in [2.05, 4.69) is 10.1 Å². The lowest BCUT2D eigenvalue weighted by Crippen LogP contribution is -2.43. The van der Waals surface area contributed by atoms with E-state index in [0.29, 0.717) is 5.75 Å². The maximum absolute atomic E-state index is 11.3. The molecule has 0 aliphatic rings. The Kier molecular flexibility index (Phi) is 4.65. The first-order chi connectivity index (χ1) is 10.4. The van der Waals surface area contributed by atoms with Crippen molar-refractivity contribution in [1.82, 2.24) is 14.8 Å². The zero-order valence-electron chi connectivity index (χ0n) is 12.8. The van der Waals surface area contributed by atoms with Crippen LogP contribution in [0.3, 0.4) is 0 Å². The molecule has 2 aromatic rings. The molecule has 0 fully saturated rings. The number of carbonyl (C=O) groups excluding carboxylic acids is 1. The summed E-state index contributed by atoms with van der Waals surface area (Å²) in [6, 6.07) is 9.23. The molecule has 2 atom stereocenters. The molecule has 1 aromatic carbocycles. The number of nitrogens with zero attached hydrogens (tertiary/aromatic N) is 3. The van der Waals surface area contributed by atoms with Gasteiger partial charge in [-0.1, -0.05) is 39.0 Å². The van der Waals surface area contributed by atoms with Crippen molar-refractivity contribution in [2.45, 2.75) is 33.1 Å². The average Bonchev–Trinajstić information content (AvgIpc) is 2.96. The Morgan fingerprint density at radius 1 is 1.27 bits per heavy atom. The number of hydrogen-bond donors (Lipinski definition) is 1. The monoisotopic (exact) mass is 304 g/mol. The molecule has 118 valence electrons. The highest BCUT2D eigenvalue weighted by Crippen LogP contribution is 2.32. The number of benzene rings is 1. The minimum Gasteiger partial charge on any atom is -0.465 e. The van der Waals surface area contributed by atoms with Crippen molar-refractivity contribution in [2.24, 2.45) is 11.1 Å². The van der Waals surface area contributed by atoms with Crippen LogP contribution in [0.5, 0.6) is 5.75 Å². The lowest BCUT2D eigenvalue weighted by Gasteiger charge is -2.35. The smallest absolute Gasteiger partial charge is 0.404 e. The number of hydrogen-bond acceptors (Lipinski definition) is 5. The van der Waals surface area contributed by atoms with Gasteiger partial charge in [0.25, 0.3) is 0 Å². The molecule has 7 heteroatoms. The van der Waals surface area contributed by atoms with Gasteiger partial charge in [0.15, 0.2) is 6.10 Å². The molecular weight excluding hydrogens is 284 g/mol. The summed E-state index contributed by atoms with van der Waals surface area (Å²) in [6.07, 6.45) is 0.716. The van der Waals surface area contributed by atoms with Gasteiger partial charge in [-0.15, -0.1) is 0 Å². The molecule has 0 aliphatic carbocycles. The van der Waals surface area contributed by atoms with Gasteiger partial charge in [0.2, 0.25) is 6.23 Å². The van der Waals surface area contributed by atoms with Crippen LogP contribution in [0.4, 0.5) is 4.79 Å². The van der Waals surface area contributed by atoms with Crippen molar-refractivity contribution in [2.75, 3.05) is 0 Å². The van der Waals surface area contributed by atoms with Crippen LogP contribution < -0.4 is 10.5 Å². The molecule has 0 radical (unpaired) electrons. The molecule has 1 amide bonds. The van der Waals surface area contributed by atoms with E-state index in [1.807, 2.05) is 51.1 Å². The first-order valence-electron chi connectivity index (χ1n) is 6.90. The van der Waals surface area contributed by atoms with E-state index >= 15 is 0 Å². The second-order valence-electron chi connectivity index (χ2n) is 5.92. The van der Waals surface area contributed by atoms with Gasteiger partial charge >= 0.3 is 6.09 Å². The Bertz CT molecular complexity index is 593. The third-order valence-electron chi connectivity index (χ3n) is 3.05. The molecule has 2 rings (SSSR count). The maximum Gasteiger partial charge on any atom is 0.404 e. The Labute approximate surface area is 129 Å². The van der Waals surface area contributed by atoms with Crippen LogP contribution in [0.1, 0.15) is 27.0 Å². The van der Waals surface area contributed by atoms with E-state index in [0.717, 1.165) is 0 Å². The largest absolute Gasteiger partial charge is 0.465 e. The molecule has 1 heterocycles. The van der Waals surface area contributed by atoms with Gasteiger partial charge in [-0.05, 0) is 12.1 Å². The molecule has 22 heavy (non-hydrogen) atoms. The Morgan fingerprint density at radius 2 is 1.95 bits per heavy atom. The van der Waals surface area contributed by atoms with E-state index in [1.54, 1.807) is 0 Å². The number of aromatic nitrogens is 3. The minimum absolute atomic E-state index is 0.416. The summed E-state index contributed by atoms with van der Waals surface area (Å²) in [7, 11) is 0. The predicted molar refractivity (Wildman–Crippen MR) is 80.0 cm³/mol. The number of nitrogens with two attached hydrogens (primary N) is 1. The zero-order chi connectivity index (χ0) is 16.2. The summed E-state index contributed by atoms with van der Waals surface area (Å²) < 4.78 is 12.8. The van der Waals surface area contributed by atoms with Crippen molar-refractivity contribution < 1.29 is 14.3 Å². The molecule has 0 saturated heterocycles. The molecule has 2 N–H and O–H groups in total. The molecule has 1 aromatic heterocycles. The molecule has 0 bridgehead atoms. The van der Waals surface area contributed by atoms with Crippen molar-refractivity contribution in [1.29, 1.82) is 0 Å². The van der Waals surface area contributed by atoms with Gasteiger partial charge in [-0.25, -0.2) is 14.5 Å². The lowest BCUT2D eigenvalue weighted by atomic mass is 9.87. The number of ether oxygens (including phenoxy) is 2. The van der Waals surface area contributed by atoms with Crippen molar-refractivity contribution in [3.05, 3.63) is 43.0 Å². The fraction of sp³-hybridized carbons (Fsp3) is 0.400. The van der Waals surface area contributed by atoms with Crippen molar-refractivity contribution in [3.63, 3.8) is 0 Å². The fourth-order valence-electron chi connectivity index (χ4n) is 2.03. The van der Waals surface area contributed by atoms with E-state index < -0.39 is 23.8 Å². The second-order valence-corrected chi connectivity index (χ2v) is 5.92. The zero-order valence-corrected chi connectivity index (χ0v) is 12.8. The molecular formula is C15H20N4O3. The first-order valence-corrected chi connectivity index (χ1v) is 6.90.